The van der Waals surface area contributed by atoms with Crippen LogP contribution in [0.15, 0.2) is 24.3 Å². The Balaban J connectivity index is 1.43. The molecule has 3 heterocycles. The molecule has 2 fully saturated rings. The molecule has 2 aromatic rings. The Morgan fingerprint density at radius 2 is 1.69 bits per heavy atom. The molecule has 2 saturated heterocycles. The highest BCUT2D eigenvalue weighted by Crippen LogP contribution is 2.34. The number of benzene rings is 1. The lowest BCUT2D eigenvalue weighted by atomic mass is 10.0. The summed E-state index contributed by atoms with van der Waals surface area (Å²) in [6, 6.07) is 8.18. The van der Waals surface area contributed by atoms with E-state index in [-0.39, 0.29) is 5.91 Å². The minimum Gasteiger partial charge on any atom is -0.496 e. The van der Waals surface area contributed by atoms with Gasteiger partial charge in [0.15, 0.2) is 0 Å². The number of methoxy groups -OCH3 is 1. The fourth-order valence-corrected chi connectivity index (χ4v) is 5.03. The summed E-state index contributed by atoms with van der Waals surface area (Å²) in [6.07, 6.45) is 7.56. The number of piperidine rings is 1. The number of hydrogen-bond acceptors (Lipinski definition) is 4. The van der Waals surface area contributed by atoms with Crippen molar-refractivity contribution in [3.63, 3.8) is 0 Å². The van der Waals surface area contributed by atoms with E-state index in [9.17, 15) is 4.79 Å². The molecule has 2 aliphatic heterocycles. The molecule has 1 aromatic heterocycles. The van der Waals surface area contributed by atoms with E-state index in [2.05, 4.69) is 20.4 Å². The van der Waals surface area contributed by atoms with Crippen molar-refractivity contribution in [1.29, 1.82) is 0 Å². The first-order chi connectivity index (χ1) is 14.2. The Morgan fingerprint density at radius 1 is 1.03 bits per heavy atom. The highest BCUT2D eigenvalue weighted by atomic mass is 16.5. The van der Waals surface area contributed by atoms with Crippen LogP contribution in [0.1, 0.15) is 55.1 Å². The number of nitrogens with two attached hydrogens (primary N) is 1. The van der Waals surface area contributed by atoms with Crippen molar-refractivity contribution in [2.75, 3.05) is 46.4 Å². The quantitative estimate of drug-likeness (QED) is 0.811. The number of rotatable bonds is 6. The Hall–Kier alpha value is -2.05. The van der Waals surface area contributed by atoms with Gasteiger partial charge in [0.25, 0.3) is 5.91 Å². The largest absolute Gasteiger partial charge is 0.496 e. The van der Waals surface area contributed by atoms with Gasteiger partial charge in [0.2, 0.25) is 0 Å². The van der Waals surface area contributed by atoms with Crippen LogP contribution in [0, 0.1) is 0 Å². The normalized spacial score (nSPS) is 20.0. The molecule has 0 aliphatic carbocycles. The third kappa shape index (κ3) is 4.43. The van der Waals surface area contributed by atoms with Gasteiger partial charge in [0.1, 0.15) is 11.4 Å². The van der Waals surface area contributed by atoms with Gasteiger partial charge in [0, 0.05) is 37.6 Å². The first kappa shape index (κ1) is 20.2. The van der Waals surface area contributed by atoms with Crippen LogP contribution < -0.4 is 10.5 Å². The minimum absolute atomic E-state index is 0.302. The lowest BCUT2D eigenvalue weighted by Gasteiger charge is -2.35. The van der Waals surface area contributed by atoms with Crippen molar-refractivity contribution >= 4 is 16.8 Å². The molecular weight excluding hydrogens is 364 g/mol. The average Bonchev–Trinajstić information content (AvgIpc) is 2.94. The molecule has 0 unspecified atom stereocenters. The van der Waals surface area contributed by atoms with Crippen molar-refractivity contribution in [2.45, 2.75) is 44.6 Å². The number of aromatic nitrogens is 1. The van der Waals surface area contributed by atoms with E-state index in [0.717, 1.165) is 49.1 Å². The Kier molecular flexibility index (Phi) is 6.40. The molecule has 0 bridgehead atoms. The van der Waals surface area contributed by atoms with Crippen molar-refractivity contribution < 1.29 is 9.53 Å². The Bertz CT molecular complexity index is 831. The number of fused-ring (bicyclic) bond motifs is 1. The topological polar surface area (TPSA) is 63.7 Å². The molecule has 158 valence electrons. The van der Waals surface area contributed by atoms with Crippen LogP contribution in [0.4, 0.5) is 0 Å². The summed E-state index contributed by atoms with van der Waals surface area (Å²) in [5.74, 6) is 0.422. The zero-order valence-electron chi connectivity index (χ0n) is 17.6. The minimum atomic E-state index is -0.369. The van der Waals surface area contributed by atoms with Crippen LogP contribution in [-0.2, 0) is 0 Å². The van der Waals surface area contributed by atoms with Crippen molar-refractivity contribution in [1.82, 2.24) is 14.4 Å². The van der Waals surface area contributed by atoms with Gasteiger partial charge in [-0.3, -0.25) is 4.79 Å². The fraction of sp³-hybridized carbons (Fsp3) is 0.609. The summed E-state index contributed by atoms with van der Waals surface area (Å²) < 4.78 is 7.66. The molecule has 29 heavy (non-hydrogen) atoms. The maximum Gasteiger partial charge on any atom is 0.265 e. The van der Waals surface area contributed by atoms with E-state index in [1.807, 2.05) is 18.2 Å². The van der Waals surface area contributed by atoms with E-state index in [1.165, 1.54) is 45.3 Å². The van der Waals surface area contributed by atoms with Crippen molar-refractivity contribution in [3.05, 3.63) is 30.0 Å². The van der Waals surface area contributed by atoms with Gasteiger partial charge in [-0.15, -0.1) is 0 Å². The van der Waals surface area contributed by atoms with Crippen LogP contribution >= 0.6 is 0 Å². The second kappa shape index (κ2) is 9.18. The standard InChI is InChI=1S/C23H34N4O2/c1-29-22-8-6-7-20-19(22)17-21(23(24)28)27(20)18-9-13-26(14-10-18)16-15-25-11-4-2-3-5-12-25/h6-8,17-18H,2-5,9-16H2,1H3,(H2,24,28). The number of hydrogen-bond donors (Lipinski definition) is 1. The first-order valence-electron chi connectivity index (χ1n) is 11.1. The zero-order chi connectivity index (χ0) is 20.2. The molecule has 0 spiro atoms. The highest BCUT2D eigenvalue weighted by molar-refractivity contribution is 5.99. The monoisotopic (exact) mass is 398 g/mol. The number of carbonyl (C=O) groups is 1. The van der Waals surface area contributed by atoms with E-state index in [1.54, 1.807) is 7.11 Å². The molecule has 0 radical (unpaired) electrons. The SMILES string of the molecule is COc1cccc2c1cc(C(N)=O)n2C1CCN(CCN2CCCCCC2)CC1. The van der Waals surface area contributed by atoms with Crippen LogP contribution in [-0.4, -0.2) is 66.7 Å². The predicted octanol–water partition coefficient (Wildman–Crippen LogP) is 3.26. The third-order valence-corrected chi connectivity index (χ3v) is 6.67. The molecule has 1 aromatic carbocycles. The van der Waals surface area contributed by atoms with Crippen molar-refractivity contribution in [3.8, 4) is 5.75 Å². The van der Waals surface area contributed by atoms with Gasteiger partial charge in [0.05, 0.1) is 12.6 Å². The number of likely N-dealkylation sites (tertiary alicyclic amines) is 2. The smallest absolute Gasteiger partial charge is 0.265 e. The summed E-state index contributed by atoms with van der Waals surface area (Å²) in [5, 5.41) is 0.965. The summed E-state index contributed by atoms with van der Waals surface area (Å²) in [5.41, 5.74) is 7.36. The molecule has 0 atom stereocenters. The molecule has 1 amide bonds. The maximum absolute atomic E-state index is 12.1. The second-order valence-electron chi connectivity index (χ2n) is 8.49. The first-order valence-corrected chi connectivity index (χ1v) is 11.1. The van der Waals surface area contributed by atoms with Crippen LogP contribution in [0.5, 0.6) is 5.75 Å². The lowest BCUT2D eigenvalue weighted by Crippen LogP contribution is -2.40. The molecule has 4 rings (SSSR count). The van der Waals surface area contributed by atoms with E-state index < -0.39 is 0 Å². The van der Waals surface area contributed by atoms with Crippen LogP contribution in [0.25, 0.3) is 10.9 Å². The fourth-order valence-electron chi connectivity index (χ4n) is 5.03. The third-order valence-electron chi connectivity index (χ3n) is 6.67. The van der Waals surface area contributed by atoms with Gasteiger partial charge in [-0.2, -0.15) is 0 Å². The van der Waals surface area contributed by atoms with Gasteiger partial charge in [-0.05, 0) is 57.0 Å². The van der Waals surface area contributed by atoms with Gasteiger partial charge in [-0.25, -0.2) is 0 Å². The van der Waals surface area contributed by atoms with Crippen LogP contribution in [0.3, 0.4) is 0 Å². The lowest BCUT2D eigenvalue weighted by molar-refractivity contribution is 0.0984. The Morgan fingerprint density at radius 3 is 2.31 bits per heavy atom. The molecule has 6 nitrogen and oxygen atoms in total. The highest BCUT2D eigenvalue weighted by Gasteiger charge is 2.26. The summed E-state index contributed by atoms with van der Waals surface area (Å²) in [7, 11) is 1.67. The van der Waals surface area contributed by atoms with Crippen molar-refractivity contribution in [2.24, 2.45) is 5.73 Å². The van der Waals surface area contributed by atoms with Gasteiger partial charge >= 0.3 is 0 Å². The van der Waals surface area contributed by atoms with Gasteiger partial charge < -0.3 is 24.8 Å². The summed E-state index contributed by atoms with van der Waals surface area (Å²) in [4.78, 5) is 17.4. The van der Waals surface area contributed by atoms with E-state index in [0.29, 0.717) is 11.7 Å². The predicted molar refractivity (Wildman–Crippen MR) is 117 cm³/mol. The second-order valence-corrected chi connectivity index (χ2v) is 8.49. The molecule has 0 saturated carbocycles. The van der Waals surface area contributed by atoms with E-state index >= 15 is 0 Å². The molecule has 2 N–H and O–H groups in total. The average molecular weight is 399 g/mol. The van der Waals surface area contributed by atoms with Gasteiger partial charge in [-0.1, -0.05) is 18.9 Å². The number of amides is 1. The van der Waals surface area contributed by atoms with E-state index in [4.69, 9.17) is 10.5 Å². The number of ether oxygens (including phenoxy) is 1. The molecule has 6 heteroatoms. The molecule has 2 aliphatic rings. The number of primary amides is 1. The number of carbonyl (C=O) groups excluding carboxylic acids is 1. The summed E-state index contributed by atoms with van der Waals surface area (Å²) >= 11 is 0. The maximum atomic E-state index is 12.1. The number of nitrogens with zero attached hydrogens (tertiary/aromatic N) is 3. The Labute approximate surface area is 173 Å². The molecular formula is C23H34N4O2. The summed E-state index contributed by atoms with van der Waals surface area (Å²) in [6.45, 7) is 6.99. The zero-order valence-corrected chi connectivity index (χ0v) is 17.6. The van der Waals surface area contributed by atoms with Crippen LogP contribution in [0.2, 0.25) is 0 Å².